The molecule has 0 spiro atoms. The lowest BCUT2D eigenvalue weighted by atomic mass is 10.2. The quantitative estimate of drug-likeness (QED) is 0.560. The predicted molar refractivity (Wildman–Crippen MR) is 59.3 cm³/mol. The number of nitrogens with one attached hydrogen (secondary N) is 2. The van der Waals surface area contributed by atoms with Crippen LogP contribution in [0.2, 0.25) is 0 Å². The molecule has 0 aliphatic carbocycles. The highest BCUT2D eigenvalue weighted by molar-refractivity contribution is 5.74. The number of aliphatic carboxylic acids is 1. The van der Waals surface area contributed by atoms with Crippen LogP contribution in [0.3, 0.4) is 0 Å². The van der Waals surface area contributed by atoms with Gasteiger partial charge in [-0.25, -0.2) is 4.79 Å². The zero-order chi connectivity index (χ0) is 12.6. The molecule has 2 amide bonds. The van der Waals surface area contributed by atoms with Crippen molar-refractivity contribution in [3.05, 3.63) is 0 Å². The number of hydrogen-bond donors (Lipinski definition) is 3. The lowest BCUT2D eigenvalue weighted by Gasteiger charge is -2.20. The molecule has 0 aliphatic heterocycles. The van der Waals surface area contributed by atoms with E-state index in [4.69, 9.17) is 9.84 Å². The molecule has 0 saturated carbocycles. The van der Waals surface area contributed by atoms with E-state index >= 15 is 0 Å². The normalized spacial score (nSPS) is 13.9. The molecule has 3 N–H and O–H groups in total. The minimum atomic E-state index is -0.858. The van der Waals surface area contributed by atoms with Crippen LogP contribution in [0, 0.1) is 0 Å². The predicted octanol–water partition coefficient (Wildman–Crippen LogP) is 0.574. The number of urea groups is 1. The van der Waals surface area contributed by atoms with Gasteiger partial charge in [-0.1, -0.05) is 0 Å². The highest BCUT2D eigenvalue weighted by Gasteiger charge is 2.13. The van der Waals surface area contributed by atoms with Crippen molar-refractivity contribution in [3.63, 3.8) is 0 Å². The molecule has 0 rings (SSSR count). The Hall–Kier alpha value is -1.30. The summed E-state index contributed by atoms with van der Waals surface area (Å²) in [7, 11) is 1.58. The summed E-state index contributed by atoms with van der Waals surface area (Å²) in [6, 6.07) is -0.397. The fourth-order valence-electron chi connectivity index (χ4n) is 1.02. The first kappa shape index (κ1) is 14.7. The third-order valence-corrected chi connectivity index (χ3v) is 2.29. The fraction of sp³-hybridized carbons (Fsp3) is 0.800. The SMILES string of the molecule is COC(C)[C@@H](C)NC(=O)NCCCC(=O)O. The zero-order valence-corrected chi connectivity index (χ0v) is 9.95. The number of carboxylic acids is 1. The Morgan fingerprint density at radius 2 is 2.00 bits per heavy atom. The van der Waals surface area contributed by atoms with E-state index in [1.165, 1.54) is 0 Å². The Morgan fingerprint density at radius 3 is 2.50 bits per heavy atom. The Balaban J connectivity index is 3.62. The van der Waals surface area contributed by atoms with E-state index in [2.05, 4.69) is 10.6 Å². The van der Waals surface area contributed by atoms with Gasteiger partial charge >= 0.3 is 12.0 Å². The maximum atomic E-state index is 11.3. The smallest absolute Gasteiger partial charge is 0.315 e. The molecule has 0 bridgehead atoms. The molecule has 1 unspecified atom stereocenters. The molecule has 0 aromatic carbocycles. The van der Waals surface area contributed by atoms with Crippen LogP contribution in [0.25, 0.3) is 0 Å². The van der Waals surface area contributed by atoms with E-state index in [9.17, 15) is 9.59 Å². The van der Waals surface area contributed by atoms with Crippen LogP contribution in [0.15, 0.2) is 0 Å². The molecule has 2 atom stereocenters. The summed E-state index contributed by atoms with van der Waals surface area (Å²) in [5, 5.41) is 13.7. The molecule has 0 aliphatic rings. The molecule has 16 heavy (non-hydrogen) atoms. The number of carboxylic acid groups (broad SMARTS) is 1. The van der Waals surface area contributed by atoms with Crippen LogP contribution >= 0.6 is 0 Å². The van der Waals surface area contributed by atoms with Crippen LogP contribution in [0.1, 0.15) is 26.7 Å². The second-order valence-corrected chi connectivity index (χ2v) is 3.63. The fourth-order valence-corrected chi connectivity index (χ4v) is 1.02. The monoisotopic (exact) mass is 232 g/mol. The van der Waals surface area contributed by atoms with Crippen molar-refractivity contribution >= 4 is 12.0 Å². The van der Waals surface area contributed by atoms with E-state index in [1.807, 2.05) is 13.8 Å². The van der Waals surface area contributed by atoms with Crippen molar-refractivity contribution in [1.29, 1.82) is 0 Å². The van der Waals surface area contributed by atoms with Gasteiger partial charge in [0, 0.05) is 20.1 Å². The van der Waals surface area contributed by atoms with E-state index < -0.39 is 5.97 Å². The molecule has 6 nitrogen and oxygen atoms in total. The van der Waals surface area contributed by atoms with Gasteiger partial charge in [0.15, 0.2) is 0 Å². The molecule has 0 heterocycles. The summed E-state index contributed by atoms with van der Waals surface area (Å²) in [6.07, 6.45) is 0.422. The van der Waals surface area contributed by atoms with Gasteiger partial charge in [-0.15, -0.1) is 0 Å². The van der Waals surface area contributed by atoms with Gasteiger partial charge < -0.3 is 20.5 Å². The second kappa shape index (κ2) is 7.92. The van der Waals surface area contributed by atoms with Crippen molar-refractivity contribution in [2.75, 3.05) is 13.7 Å². The molecule has 0 fully saturated rings. The van der Waals surface area contributed by atoms with Gasteiger partial charge in [0.1, 0.15) is 0 Å². The highest BCUT2D eigenvalue weighted by atomic mass is 16.5. The van der Waals surface area contributed by atoms with Crippen LogP contribution < -0.4 is 10.6 Å². The molecule has 6 heteroatoms. The third-order valence-electron chi connectivity index (χ3n) is 2.29. The standard InChI is InChI=1S/C10H20N2O4/c1-7(8(2)16-3)12-10(15)11-6-4-5-9(13)14/h7-8H,4-6H2,1-3H3,(H,13,14)(H2,11,12,15)/t7-,8?/m1/s1. The van der Waals surface area contributed by atoms with Crippen LogP contribution in [0.4, 0.5) is 4.79 Å². The van der Waals surface area contributed by atoms with Crippen molar-refractivity contribution in [2.45, 2.75) is 38.8 Å². The van der Waals surface area contributed by atoms with E-state index in [0.717, 1.165) is 0 Å². The van der Waals surface area contributed by atoms with E-state index in [1.54, 1.807) is 7.11 Å². The number of ether oxygens (including phenoxy) is 1. The molecule has 94 valence electrons. The maximum Gasteiger partial charge on any atom is 0.315 e. The second-order valence-electron chi connectivity index (χ2n) is 3.63. The van der Waals surface area contributed by atoms with Gasteiger partial charge in [-0.2, -0.15) is 0 Å². The zero-order valence-electron chi connectivity index (χ0n) is 9.95. The summed E-state index contributed by atoms with van der Waals surface area (Å²) in [6.45, 7) is 4.05. The largest absolute Gasteiger partial charge is 0.481 e. The summed E-state index contributed by atoms with van der Waals surface area (Å²) in [5.74, 6) is -0.858. The Bertz CT molecular complexity index is 233. The Kier molecular flexibility index (Phi) is 7.28. The summed E-state index contributed by atoms with van der Waals surface area (Å²) in [4.78, 5) is 21.5. The number of carbonyl (C=O) groups excluding carboxylic acids is 1. The third kappa shape index (κ3) is 7.05. The van der Waals surface area contributed by atoms with Crippen LogP contribution in [-0.2, 0) is 9.53 Å². The molecule has 0 saturated heterocycles. The minimum Gasteiger partial charge on any atom is -0.481 e. The van der Waals surface area contributed by atoms with Crippen molar-refractivity contribution in [1.82, 2.24) is 10.6 Å². The molecule has 0 aromatic heterocycles. The Labute approximate surface area is 95.4 Å². The number of methoxy groups -OCH3 is 1. The van der Waals surface area contributed by atoms with Gasteiger partial charge in [0.25, 0.3) is 0 Å². The number of amides is 2. The highest BCUT2D eigenvalue weighted by Crippen LogP contribution is 1.95. The van der Waals surface area contributed by atoms with Crippen molar-refractivity contribution in [3.8, 4) is 0 Å². The first-order valence-electron chi connectivity index (χ1n) is 5.26. The van der Waals surface area contributed by atoms with E-state index in [-0.39, 0.29) is 24.6 Å². The molecule has 0 aromatic rings. The summed E-state index contributed by atoms with van der Waals surface area (Å²) < 4.78 is 5.05. The minimum absolute atomic E-state index is 0.0598. The first-order valence-corrected chi connectivity index (χ1v) is 5.26. The molecular weight excluding hydrogens is 212 g/mol. The number of carbonyl (C=O) groups is 2. The summed E-state index contributed by atoms with van der Waals surface area (Å²) >= 11 is 0. The van der Waals surface area contributed by atoms with Gasteiger partial charge in [-0.05, 0) is 20.3 Å². The van der Waals surface area contributed by atoms with Gasteiger partial charge in [0.2, 0.25) is 0 Å². The van der Waals surface area contributed by atoms with E-state index in [0.29, 0.717) is 13.0 Å². The topological polar surface area (TPSA) is 87.7 Å². The average molecular weight is 232 g/mol. The summed E-state index contributed by atoms with van der Waals surface area (Å²) in [5.41, 5.74) is 0. The van der Waals surface area contributed by atoms with Crippen molar-refractivity contribution < 1.29 is 19.4 Å². The van der Waals surface area contributed by atoms with Gasteiger partial charge in [-0.3, -0.25) is 4.79 Å². The van der Waals surface area contributed by atoms with Crippen molar-refractivity contribution in [2.24, 2.45) is 0 Å². The van der Waals surface area contributed by atoms with Crippen LogP contribution in [0.5, 0.6) is 0 Å². The number of hydrogen-bond acceptors (Lipinski definition) is 3. The molecule has 0 radical (unpaired) electrons. The lowest BCUT2D eigenvalue weighted by molar-refractivity contribution is -0.137. The first-order chi connectivity index (χ1) is 7.47. The lowest BCUT2D eigenvalue weighted by Crippen LogP contribution is -2.46. The Morgan fingerprint density at radius 1 is 1.38 bits per heavy atom. The molecular formula is C10H20N2O4. The number of rotatable bonds is 7. The van der Waals surface area contributed by atoms with Crippen LogP contribution in [-0.4, -0.2) is 42.9 Å². The van der Waals surface area contributed by atoms with Gasteiger partial charge in [0.05, 0.1) is 12.1 Å². The average Bonchev–Trinajstić information content (AvgIpc) is 2.22. The maximum absolute atomic E-state index is 11.3.